The van der Waals surface area contributed by atoms with Crippen molar-refractivity contribution in [3.05, 3.63) is 76.4 Å². The van der Waals surface area contributed by atoms with E-state index in [0.29, 0.717) is 12.1 Å². The SMILES string of the molecule is CCCCNC(=O)C1=C(c2ccccc2CC)c2ccccc2C1=O. The van der Waals surface area contributed by atoms with E-state index in [1.54, 1.807) is 6.07 Å². The van der Waals surface area contributed by atoms with Crippen LogP contribution in [0.1, 0.15) is 53.7 Å². The van der Waals surface area contributed by atoms with Crippen LogP contribution in [-0.4, -0.2) is 18.2 Å². The van der Waals surface area contributed by atoms with Crippen LogP contribution in [0.25, 0.3) is 5.57 Å². The van der Waals surface area contributed by atoms with Crippen LogP contribution in [0.3, 0.4) is 0 Å². The van der Waals surface area contributed by atoms with Gasteiger partial charge >= 0.3 is 0 Å². The average molecular weight is 333 g/mol. The molecule has 1 aliphatic rings. The van der Waals surface area contributed by atoms with Gasteiger partial charge in [-0.2, -0.15) is 0 Å². The fourth-order valence-electron chi connectivity index (χ4n) is 3.32. The summed E-state index contributed by atoms with van der Waals surface area (Å²) in [6, 6.07) is 15.5. The molecule has 0 fully saturated rings. The molecule has 0 saturated heterocycles. The number of carbonyl (C=O) groups is 2. The summed E-state index contributed by atoms with van der Waals surface area (Å²) in [5, 5.41) is 2.91. The van der Waals surface area contributed by atoms with Crippen molar-refractivity contribution in [2.75, 3.05) is 6.54 Å². The highest BCUT2D eigenvalue weighted by Gasteiger charge is 2.34. The highest BCUT2D eigenvalue weighted by Crippen LogP contribution is 2.38. The maximum absolute atomic E-state index is 12.9. The van der Waals surface area contributed by atoms with Gasteiger partial charge in [-0.15, -0.1) is 0 Å². The molecule has 0 aliphatic heterocycles. The minimum Gasteiger partial charge on any atom is -0.352 e. The topological polar surface area (TPSA) is 46.2 Å². The van der Waals surface area contributed by atoms with Gasteiger partial charge in [-0.3, -0.25) is 9.59 Å². The predicted molar refractivity (Wildman–Crippen MR) is 101 cm³/mol. The van der Waals surface area contributed by atoms with Gasteiger partial charge in [0.25, 0.3) is 5.91 Å². The number of carbonyl (C=O) groups excluding carboxylic acids is 2. The Labute approximate surface area is 148 Å². The second kappa shape index (κ2) is 7.47. The molecule has 25 heavy (non-hydrogen) atoms. The lowest BCUT2D eigenvalue weighted by atomic mass is 9.92. The quantitative estimate of drug-likeness (QED) is 0.637. The van der Waals surface area contributed by atoms with E-state index in [2.05, 4.69) is 25.2 Å². The van der Waals surface area contributed by atoms with E-state index in [0.717, 1.165) is 41.5 Å². The van der Waals surface area contributed by atoms with Crippen LogP contribution < -0.4 is 5.32 Å². The lowest BCUT2D eigenvalue weighted by Crippen LogP contribution is -2.28. The van der Waals surface area contributed by atoms with E-state index < -0.39 is 0 Å². The van der Waals surface area contributed by atoms with Gasteiger partial charge in [-0.25, -0.2) is 0 Å². The molecule has 1 N–H and O–H groups in total. The van der Waals surface area contributed by atoms with Gasteiger partial charge < -0.3 is 5.32 Å². The highest BCUT2D eigenvalue weighted by atomic mass is 16.2. The first-order valence-electron chi connectivity index (χ1n) is 8.93. The molecule has 3 rings (SSSR count). The Morgan fingerprint density at radius 3 is 2.24 bits per heavy atom. The zero-order chi connectivity index (χ0) is 17.8. The molecule has 3 heteroatoms. The van der Waals surface area contributed by atoms with E-state index in [9.17, 15) is 9.59 Å². The maximum Gasteiger partial charge on any atom is 0.255 e. The lowest BCUT2D eigenvalue weighted by Gasteiger charge is -2.12. The van der Waals surface area contributed by atoms with Gasteiger partial charge in [-0.05, 0) is 29.5 Å². The van der Waals surface area contributed by atoms with Crippen molar-refractivity contribution >= 4 is 17.3 Å². The first kappa shape index (κ1) is 17.2. The van der Waals surface area contributed by atoms with E-state index >= 15 is 0 Å². The molecule has 0 unspecified atom stereocenters. The number of amides is 1. The van der Waals surface area contributed by atoms with Crippen molar-refractivity contribution in [3.63, 3.8) is 0 Å². The number of fused-ring (bicyclic) bond motifs is 1. The fraction of sp³-hybridized carbons (Fsp3) is 0.273. The normalized spacial score (nSPS) is 13.1. The number of unbranched alkanes of at least 4 members (excludes halogenated alkanes) is 1. The maximum atomic E-state index is 12.9. The largest absolute Gasteiger partial charge is 0.352 e. The molecule has 0 atom stereocenters. The fourth-order valence-corrected chi connectivity index (χ4v) is 3.32. The van der Waals surface area contributed by atoms with Gasteiger partial charge in [0.05, 0.1) is 5.57 Å². The zero-order valence-corrected chi connectivity index (χ0v) is 14.8. The van der Waals surface area contributed by atoms with Crippen LogP contribution in [0.15, 0.2) is 54.1 Å². The van der Waals surface area contributed by atoms with Crippen molar-refractivity contribution in [3.8, 4) is 0 Å². The summed E-state index contributed by atoms with van der Waals surface area (Å²) in [5.74, 6) is -0.443. The molecule has 0 heterocycles. The minimum atomic E-state index is -0.268. The number of benzene rings is 2. The van der Waals surface area contributed by atoms with Gasteiger partial charge in [0, 0.05) is 17.7 Å². The first-order valence-corrected chi connectivity index (χ1v) is 8.93. The van der Waals surface area contributed by atoms with Crippen molar-refractivity contribution in [1.82, 2.24) is 5.32 Å². The van der Waals surface area contributed by atoms with Crippen molar-refractivity contribution in [2.24, 2.45) is 0 Å². The van der Waals surface area contributed by atoms with Crippen LogP contribution in [0.2, 0.25) is 0 Å². The third-order valence-corrected chi connectivity index (χ3v) is 4.63. The number of ketones is 1. The van der Waals surface area contributed by atoms with Crippen molar-refractivity contribution in [1.29, 1.82) is 0 Å². The van der Waals surface area contributed by atoms with Crippen LogP contribution in [0, 0.1) is 0 Å². The molecular weight excluding hydrogens is 310 g/mol. The van der Waals surface area contributed by atoms with Crippen molar-refractivity contribution < 1.29 is 9.59 Å². The molecule has 0 saturated carbocycles. The van der Waals surface area contributed by atoms with Crippen LogP contribution in [0.4, 0.5) is 0 Å². The number of hydrogen-bond donors (Lipinski definition) is 1. The van der Waals surface area contributed by atoms with Crippen LogP contribution in [-0.2, 0) is 11.2 Å². The average Bonchev–Trinajstić information content (AvgIpc) is 2.94. The molecule has 2 aromatic carbocycles. The van der Waals surface area contributed by atoms with E-state index in [1.807, 2.05) is 36.4 Å². The molecular formula is C22H23NO2. The summed E-state index contributed by atoms with van der Waals surface area (Å²) < 4.78 is 0. The Morgan fingerprint density at radius 1 is 0.920 bits per heavy atom. The number of Topliss-reactive ketones (excluding diaryl/α,β-unsaturated/α-hetero) is 1. The molecule has 0 radical (unpaired) electrons. The Balaban J connectivity index is 2.15. The molecule has 0 bridgehead atoms. The molecule has 3 nitrogen and oxygen atoms in total. The first-order chi connectivity index (χ1) is 12.2. The van der Waals surface area contributed by atoms with Gasteiger partial charge in [0.1, 0.15) is 0 Å². The Bertz CT molecular complexity index is 849. The summed E-state index contributed by atoms with van der Waals surface area (Å²) in [6.45, 7) is 4.75. The highest BCUT2D eigenvalue weighted by molar-refractivity contribution is 6.36. The Hall–Kier alpha value is -2.68. The summed E-state index contributed by atoms with van der Waals surface area (Å²) in [7, 11) is 0. The molecule has 0 spiro atoms. The van der Waals surface area contributed by atoms with Crippen LogP contribution >= 0.6 is 0 Å². The lowest BCUT2D eigenvalue weighted by molar-refractivity contribution is -0.117. The van der Waals surface area contributed by atoms with Gasteiger partial charge in [-0.1, -0.05) is 68.8 Å². The molecule has 0 aromatic heterocycles. The second-order valence-electron chi connectivity index (χ2n) is 6.24. The summed E-state index contributed by atoms with van der Waals surface area (Å²) in [4.78, 5) is 25.7. The van der Waals surface area contributed by atoms with Gasteiger partial charge in [0.15, 0.2) is 5.78 Å². The third-order valence-electron chi connectivity index (χ3n) is 4.63. The number of rotatable bonds is 6. The van der Waals surface area contributed by atoms with E-state index in [1.165, 1.54) is 0 Å². The standard InChI is InChI=1S/C22H23NO2/c1-3-5-14-23-22(25)20-19(16-11-7-6-10-15(16)4-2)17-12-8-9-13-18(17)21(20)24/h6-13H,3-5,14H2,1-2H3,(H,23,25). The van der Waals surface area contributed by atoms with E-state index in [-0.39, 0.29) is 17.3 Å². The zero-order valence-electron chi connectivity index (χ0n) is 14.8. The van der Waals surface area contributed by atoms with Gasteiger partial charge in [0.2, 0.25) is 0 Å². The summed E-state index contributed by atoms with van der Waals surface area (Å²) in [5.41, 5.74) is 4.63. The predicted octanol–water partition coefficient (Wildman–Crippen LogP) is 4.16. The molecule has 1 aliphatic carbocycles. The van der Waals surface area contributed by atoms with Crippen molar-refractivity contribution in [2.45, 2.75) is 33.1 Å². The summed E-state index contributed by atoms with van der Waals surface area (Å²) >= 11 is 0. The monoisotopic (exact) mass is 333 g/mol. The number of aryl methyl sites for hydroxylation is 1. The smallest absolute Gasteiger partial charge is 0.255 e. The Morgan fingerprint density at radius 2 is 1.56 bits per heavy atom. The molecule has 128 valence electrons. The van der Waals surface area contributed by atoms with E-state index in [4.69, 9.17) is 0 Å². The minimum absolute atomic E-state index is 0.175. The van der Waals surface area contributed by atoms with Crippen LogP contribution in [0.5, 0.6) is 0 Å². The third kappa shape index (κ3) is 3.14. The summed E-state index contributed by atoms with van der Waals surface area (Å²) in [6.07, 6.45) is 2.75. The molecule has 2 aromatic rings. The number of nitrogens with one attached hydrogen (secondary N) is 1. The number of hydrogen-bond acceptors (Lipinski definition) is 2. The molecule has 1 amide bonds. The Kier molecular flexibility index (Phi) is 5.13. The second-order valence-corrected chi connectivity index (χ2v) is 6.24.